The Labute approximate surface area is 165 Å². The summed E-state index contributed by atoms with van der Waals surface area (Å²) in [4.78, 5) is 15.8. The third-order valence-electron chi connectivity index (χ3n) is 3.40. The van der Waals surface area contributed by atoms with Gasteiger partial charge in [-0.2, -0.15) is 18.2 Å². The molecule has 0 radical (unpaired) electrons. The summed E-state index contributed by atoms with van der Waals surface area (Å²) in [6, 6.07) is 3.38. The molecule has 0 aliphatic rings. The molecule has 0 saturated carbocycles. The zero-order valence-electron chi connectivity index (χ0n) is 13.2. The Morgan fingerprint density at radius 1 is 1.19 bits per heavy atom. The number of imidazole rings is 1. The van der Waals surface area contributed by atoms with Crippen LogP contribution in [-0.4, -0.2) is 24.5 Å². The van der Waals surface area contributed by atoms with Crippen LogP contribution in [0.3, 0.4) is 0 Å². The van der Waals surface area contributed by atoms with Crippen molar-refractivity contribution >= 4 is 40.0 Å². The summed E-state index contributed by atoms with van der Waals surface area (Å²) >= 11 is 7.85. The minimum Gasteiger partial charge on any atom is -0.365 e. The van der Waals surface area contributed by atoms with Gasteiger partial charge in [-0.25, -0.2) is 9.97 Å². The Bertz CT molecular complexity index is 926. The van der Waals surface area contributed by atoms with Crippen molar-refractivity contribution in [1.29, 1.82) is 0 Å². The lowest BCUT2D eigenvalue weighted by atomic mass is 10.2. The molecular formula is C15H11ClF3IN6. The summed E-state index contributed by atoms with van der Waals surface area (Å²) in [7, 11) is 1.50. The number of rotatable bonds is 4. The highest BCUT2D eigenvalue weighted by Crippen LogP contribution is 2.30. The van der Waals surface area contributed by atoms with Crippen LogP contribution in [0.1, 0.15) is 11.3 Å². The van der Waals surface area contributed by atoms with Crippen molar-refractivity contribution in [3.63, 3.8) is 0 Å². The van der Waals surface area contributed by atoms with E-state index in [0.717, 1.165) is 15.3 Å². The molecule has 3 aromatic rings. The number of hydrogen-bond acceptors (Lipinski definition) is 5. The van der Waals surface area contributed by atoms with Gasteiger partial charge in [0.2, 0.25) is 5.28 Å². The second-order valence-electron chi connectivity index (χ2n) is 5.30. The van der Waals surface area contributed by atoms with Crippen molar-refractivity contribution in [3.8, 4) is 11.5 Å². The summed E-state index contributed by atoms with van der Waals surface area (Å²) in [5, 5.41) is 3.25. The van der Waals surface area contributed by atoms with Crippen LogP contribution in [0.5, 0.6) is 0 Å². The molecule has 1 N–H and O–H groups in total. The van der Waals surface area contributed by atoms with Crippen molar-refractivity contribution < 1.29 is 13.2 Å². The second-order valence-corrected chi connectivity index (χ2v) is 6.80. The first-order valence-corrected chi connectivity index (χ1v) is 8.67. The molecule has 3 aromatic heterocycles. The SMILES string of the molecule is Cn1cc(C(F)(F)F)nc1-c1ccc(CNc2nc(Cl)ncc2I)cn1. The van der Waals surface area contributed by atoms with Gasteiger partial charge >= 0.3 is 6.18 Å². The summed E-state index contributed by atoms with van der Waals surface area (Å²) in [6.07, 6.45) is -0.387. The number of hydrogen-bond donors (Lipinski definition) is 1. The molecule has 0 unspecified atom stereocenters. The highest BCUT2D eigenvalue weighted by Gasteiger charge is 2.34. The number of halogens is 5. The predicted octanol–water partition coefficient (Wildman–Crippen LogP) is 4.16. The van der Waals surface area contributed by atoms with Gasteiger partial charge in [-0.15, -0.1) is 0 Å². The van der Waals surface area contributed by atoms with E-state index in [0.29, 0.717) is 18.1 Å². The number of aromatic nitrogens is 5. The number of anilines is 1. The Kier molecular flexibility index (Phi) is 5.32. The first-order valence-electron chi connectivity index (χ1n) is 7.22. The first kappa shape index (κ1) is 18.8. The van der Waals surface area contributed by atoms with Crippen molar-refractivity contribution in [2.45, 2.75) is 12.7 Å². The van der Waals surface area contributed by atoms with E-state index in [-0.39, 0.29) is 11.1 Å². The maximum atomic E-state index is 12.8. The molecule has 3 rings (SSSR count). The summed E-state index contributed by atoms with van der Waals surface area (Å²) in [5.41, 5.74) is 0.230. The lowest BCUT2D eigenvalue weighted by molar-refractivity contribution is -0.140. The van der Waals surface area contributed by atoms with Gasteiger partial charge in [0.1, 0.15) is 11.5 Å². The maximum absolute atomic E-state index is 12.8. The zero-order chi connectivity index (χ0) is 18.9. The fourth-order valence-electron chi connectivity index (χ4n) is 2.16. The average molecular weight is 495 g/mol. The van der Waals surface area contributed by atoms with E-state index in [1.54, 1.807) is 24.5 Å². The van der Waals surface area contributed by atoms with Gasteiger partial charge in [0, 0.05) is 32.2 Å². The number of nitrogens with one attached hydrogen (secondary N) is 1. The quantitative estimate of drug-likeness (QED) is 0.436. The van der Waals surface area contributed by atoms with E-state index in [1.807, 2.05) is 0 Å². The van der Waals surface area contributed by atoms with E-state index in [1.165, 1.54) is 11.6 Å². The van der Waals surface area contributed by atoms with Crippen molar-refractivity contribution in [2.75, 3.05) is 5.32 Å². The predicted molar refractivity (Wildman–Crippen MR) is 98.5 cm³/mol. The molecule has 0 fully saturated rings. The van der Waals surface area contributed by atoms with Gasteiger partial charge in [0.05, 0.1) is 3.57 Å². The molecule has 3 heterocycles. The van der Waals surface area contributed by atoms with Crippen LogP contribution in [0.25, 0.3) is 11.5 Å². The van der Waals surface area contributed by atoms with E-state index in [9.17, 15) is 13.2 Å². The molecule has 0 aliphatic carbocycles. The highest BCUT2D eigenvalue weighted by atomic mass is 127. The minimum atomic E-state index is -4.49. The van der Waals surface area contributed by atoms with Crippen LogP contribution >= 0.6 is 34.2 Å². The molecule has 0 spiro atoms. The molecule has 0 aromatic carbocycles. The van der Waals surface area contributed by atoms with E-state index in [4.69, 9.17) is 11.6 Å². The molecule has 136 valence electrons. The summed E-state index contributed by atoms with van der Waals surface area (Å²) in [5.74, 6) is 0.738. The van der Waals surface area contributed by atoms with Gasteiger partial charge in [0.15, 0.2) is 11.5 Å². The lowest BCUT2D eigenvalue weighted by Crippen LogP contribution is -2.05. The highest BCUT2D eigenvalue weighted by molar-refractivity contribution is 14.1. The third-order valence-corrected chi connectivity index (χ3v) is 4.37. The van der Waals surface area contributed by atoms with Gasteiger partial charge in [0.25, 0.3) is 0 Å². The van der Waals surface area contributed by atoms with E-state index < -0.39 is 11.9 Å². The molecule has 0 atom stereocenters. The smallest absolute Gasteiger partial charge is 0.365 e. The molecular weight excluding hydrogens is 484 g/mol. The first-order chi connectivity index (χ1) is 12.2. The van der Waals surface area contributed by atoms with Gasteiger partial charge in [-0.05, 0) is 45.8 Å². The number of nitrogens with zero attached hydrogens (tertiary/aromatic N) is 5. The normalized spacial score (nSPS) is 11.6. The summed E-state index contributed by atoms with van der Waals surface area (Å²) in [6.45, 7) is 0.422. The Morgan fingerprint density at radius 2 is 1.96 bits per heavy atom. The number of aryl methyl sites for hydroxylation is 1. The lowest BCUT2D eigenvalue weighted by Gasteiger charge is -2.08. The average Bonchev–Trinajstić information content (AvgIpc) is 2.98. The summed E-state index contributed by atoms with van der Waals surface area (Å²) < 4.78 is 40.4. The number of pyridine rings is 1. The van der Waals surface area contributed by atoms with Crippen molar-refractivity contribution in [3.05, 3.63) is 50.8 Å². The van der Waals surface area contributed by atoms with Gasteiger partial charge in [-0.1, -0.05) is 6.07 Å². The maximum Gasteiger partial charge on any atom is 0.434 e. The fourth-order valence-corrected chi connectivity index (χ4v) is 2.74. The minimum absolute atomic E-state index is 0.136. The Balaban J connectivity index is 1.75. The van der Waals surface area contributed by atoms with Crippen LogP contribution < -0.4 is 5.32 Å². The standard InChI is InChI=1S/C15H11ClF3IN6/c1-26-7-11(15(17,18)19)24-13(26)10-3-2-8(4-21-10)5-22-12-9(20)6-23-14(16)25-12/h2-4,6-7H,5H2,1H3,(H,22,23,25). The van der Waals surface area contributed by atoms with E-state index >= 15 is 0 Å². The zero-order valence-corrected chi connectivity index (χ0v) is 16.1. The Hall–Kier alpha value is -1.95. The molecule has 0 aliphatic heterocycles. The van der Waals surface area contributed by atoms with Crippen LogP contribution in [0.2, 0.25) is 5.28 Å². The van der Waals surface area contributed by atoms with E-state index in [2.05, 4.69) is 47.8 Å². The molecule has 0 amide bonds. The van der Waals surface area contributed by atoms with Gasteiger partial charge in [-0.3, -0.25) is 4.98 Å². The third kappa shape index (κ3) is 4.23. The molecule has 6 nitrogen and oxygen atoms in total. The molecule has 26 heavy (non-hydrogen) atoms. The van der Waals surface area contributed by atoms with Crippen LogP contribution in [-0.2, 0) is 19.8 Å². The fraction of sp³-hybridized carbons (Fsp3) is 0.200. The van der Waals surface area contributed by atoms with Crippen LogP contribution in [0.4, 0.5) is 19.0 Å². The Morgan fingerprint density at radius 3 is 2.58 bits per heavy atom. The number of alkyl halides is 3. The van der Waals surface area contributed by atoms with Crippen molar-refractivity contribution in [1.82, 2.24) is 24.5 Å². The monoisotopic (exact) mass is 494 g/mol. The van der Waals surface area contributed by atoms with Crippen molar-refractivity contribution in [2.24, 2.45) is 7.05 Å². The molecule has 11 heteroatoms. The van der Waals surface area contributed by atoms with Crippen LogP contribution in [0.15, 0.2) is 30.7 Å². The van der Waals surface area contributed by atoms with Crippen LogP contribution in [0, 0.1) is 3.57 Å². The molecule has 0 bridgehead atoms. The molecule has 0 saturated heterocycles. The largest absolute Gasteiger partial charge is 0.434 e. The topological polar surface area (TPSA) is 68.5 Å². The van der Waals surface area contributed by atoms with Gasteiger partial charge < -0.3 is 9.88 Å². The second kappa shape index (κ2) is 7.35.